The molecule has 1 aromatic heterocycles. The van der Waals surface area contributed by atoms with Gasteiger partial charge in [0.2, 0.25) is 5.91 Å². The summed E-state index contributed by atoms with van der Waals surface area (Å²) in [5.41, 5.74) is 4.93. The van der Waals surface area contributed by atoms with Crippen molar-refractivity contribution in [3.63, 3.8) is 0 Å². The zero-order chi connectivity index (χ0) is 22.1. The Balaban J connectivity index is 1.20. The second-order valence-corrected chi connectivity index (χ2v) is 10.0. The third-order valence-electron chi connectivity index (χ3n) is 7.68. The first kappa shape index (κ1) is 21.5. The maximum atomic E-state index is 13.2. The Hall–Kier alpha value is -2.31. The molecule has 5 rings (SSSR count). The van der Waals surface area contributed by atoms with Crippen molar-refractivity contribution < 1.29 is 4.79 Å². The van der Waals surface area contributed by atoms with E-state index >= 15 is 0 Å². The van der Waals surface area contributed by atoms with Crippen molar-refractivity contribution >= 4 is 5.91 Å². The predicted octanol–water partition coefficient (Wildman–Crippen LogP) is 3.22. The van der Waals surface area contributed by atoms with Crippen LogP contribution in [0, 0.1) is 5.92 Å². The Morgan fingerprint density at radius 1 is 1.06 bits per heavy atom. The van der Waals surface area contributed by atoms with Gasteiger partial charge < -0.3 is 4.90 Å². The molecule has 1 saturated carbocycles. The summed E-state index contributed by atoms with van der Waals surface area (Å²) in [6.07, 6.45) is 10.3. The smallest absolute Gasteiger partial charge is 0.236 e. The number of carbonyl (C=O) groups is 1. The zero-order valence-electron chi connectivity index (χ0n) is 19.4. The monoisotopic (exact) mass is 433 g/mol. The maximum absolute atomic E-state index is 13.2. The van der Waals surface area contributed by atoms with Gasteiger partial charge in [-0.2, -0.15) is 0 Å². The molecule has 0 unspecified atom stereocenters. The standard InChI is InChI=1S/C26H35N5O/c1-19(2)25-16-30(10-11-31(25)24-4-3-5-24)26(32)17-29-9-8-21-12-20(6-7-22(21)15-29)23-13-27-18-28-14-23/h6-7,12-14,18-19,24-25H,3-5,8-11,15-17H2,1-2H3/t25-/m1/s1. The minimum Gasteiger partial charge on any atom is -0.339 e. The van der Waals surface area contributed by atoms with E-state index < -0.39 is 0 Å². The molecule has 0 N–H and O–H groups in total. The van der Waals surface area contributed by atoms with Crippen LogP contribution in [0.1, 0.15) is 44.2 Å². The van der Waals surface area contributed by atoms with E-state index in [4.69, 9.17) is 0 Å². The van der Waals surface area contributed by atoms with Gasteiger partial charge in [0.1, 0.15) is 6.33 Å². The molecule has 6 heteroatoms. The molecular weight excluding hydrogens is 398 g/mol. The van der Waals surface area contributed by atoms with Crippen molar-refractivity contribution in [3.8, 4) is 11.1 Å². The lowest BCUT2D eigenvalue weighted by Crippen LogP contribution is -2.61. The van der Waals surface area contributed by atoms with Crippen LogP contribution in [0.15, 0.2) is 36.9 Å². The van der Waals surface area contributed by atoms with Crippen LogP contribution in [0.25, 0.3) is 11.1 Å². The lowest BCUT2D eigenvalue weighted by atomic mass is 9.87. The van der Waals surface area contributed by atoms with E-state index in [0.29, 0.717) is 24.4 Å². The Morgan fingerprint density at radius 2 is 1.88 bits per heavy atom. The van der Waals surface area contributed by atoms with E-state index in [0.717, 1.165) is 56.3 Å². The lowest BCUT2D eigenvalue weighted by Gasteiger charge is -2.49. The second-order valence-electron chi connectivity index (χ2n) is 10.0. The normalized spacial score (nSPS) is 22.6. The first-order chi connectivity index (χ1) is 15.6. The number of rotatable bonds is 5. The summed E-state index contributed by atoms with van der Waals surface area (Å²) < 4.78 is 0. The van der Waals surface area contributed by atoms with E-state index in [1.807, 2.05) is 12.4 Å². The van der Waals surface area contributed by atoms with Crippen LogP contribution in [0.5, 0.6) is 0 Å². The van der Waals surface area contributed by atoms with E-state index in [2.05, 4.69) is 56.7 Å². The van der Waals surface area contributed by atoms with Gasteiger partial charge in [-0.05, 0) is 41.9 Å². The number of nitrogens with zero attached hydrogens (tertiary/aromatic N) is 5. The minimum atomic E-state index is 0.297. The Morgan fingerprint density at radius 3 is 2.59 bits per heavy atom. The summed E-state index contributed by atoms with van der Waals surface area (Å²) in [6.45, 7) is 9.73. The molecule has 32 heavy (non-hydrogen) atoms. The molecular formula is C26H35N5O. The van der Waals surface area contributed by atoms with Crippen molar-refractivity contribution in [2.75, 3.05) is 32.7 Å². The fourth-order valence-corrected chi connectivity index (χ4v) is 5.48. The molecule has 1 aromatic carbocycles. The molecule has 1 aliphatic carbocycles. The predicted molar refractivity (Wildman–Crippen MR) is 126 cm³/mol. The highest BCUT2D eigenvalue weighted by Gasteiger charge is 2.37. The molecule has 6 nitrogen and oxygen atoms in total. The number of piperazine rings is 1. The van der Waals surface area contributed by atoms with Crippen molar-refractivity contribution in [1.29, 1.82) is 0 Å². The van der Waals surface area contributed by atoms with Gasteiger partial charge >= 0.3 is 0 Å². The summed E-state index contributed by atoms with van der Waals surface area (Å²) in [7, 11) is 0. The van der Waals surface area contributed by atoms with Gasteiger partial charge in [0.15, 0.2) is 0 Å². The van der Waals surface area contributed by atoms with Crippen molar-refractivity contribution in [1.82, 2.24) is 24.7 Å². The van der Waals surface area contributed by atoms with Gasteiger partial charge in [-0.15, -0.1) is 0 Å². The lowest BCUT2D eigenvalue weighted by molar-refractivity contribution is -0.137. The molecule has 2 aromatic rings. The van der Waals surface area contributed by atoms with Gasteiger partial charge in [0, 0.05) is 62.8 Å². The average molecular weight is 434 g/mol. The summed E-state index contributed by atoms with van der Waals surface area (Å²) in [5, 5.41) is 0. The molecule has 3 aliphatic rings. The summed E-state index contributed by atoms with van der Waals surface area (Å²) in [5.74, 6) is 0.877. The molecule has 170 valence electrons. The Bertz CT molecular complexity index is 942. The van der Waals surface area contributed by atoms with Crippen molar-refractivity contribution in [2.24, 2.45) is 5.92 Å². The van der Waals surface area contributed by atoms with Gasteiger partial charge in [0.25, 0.3) is 0 Å². The van der Waals surface area contributed by atoms with Crippen LogP contribution in [0.3, 0.4) is 0 Å². The second kappa shape index (κ2) is 9.28. The van der Waals surface area contributed by atoms with Crippen molar-refractivity contribution in [2.45, 2.75) is 58.2 Å². The maximum Gasteiger partial charge on any atom is 0.236 e. The first-order valence-electron chi connectivity index (χ1n) is 12.2. The third-order valence-corrected chi connectivity index (χ3v) is 7.68. The van der Waals surface area contributed by atoms with Crippen LogP contribution in [0.4, 0.5) is 0 Å². The van der Waals surface area contributed by atoms with Gasteiger partial charge in [-0.3, -0.25) is 14.6 Å². The summed E-state index contributed by atoms with van der Waals surface area (Å²) >= 11 is 0. The van der Waals surface area contributed by atoms with E-state index in [-0.39, 0.29) is 0 Å². The van der Waals surface area contributed by atoms with Crippen LogP contribution >= 0.6 is 0 Å². The van der Waals surface area contributed by atoms with Gasteiger partial charge in [0.05, 0.1) is 6.54 Å². The van der Waals surface area contributed by atoms with Gasteiger partial charge in [-0.25, -0.2) is 9.97 Å². The van der Waals surface area contributed by atoms with Crippen LogP contribution in [0.2, 0.25) is 0 Å². The number of hydrogen-bond acceptors (Lipinski definition) is 5. The van der Waals surface area contributed by atoms with Gasteiger partial charge in [-0.1, -0.05) is 38.5 Å². The molecule has 0 bridgehead atoms. The number of carbonyl (C=O) groups excluding carboxylic acids is 1. The largest absolute Gasteiger partial charge is 0.339 e. The molecule has 1 atom stereocenters. The third kappa shape index (κ3) is 4.44. The Labute approximate surface area is 191 Å². The zero-order valence-corrected chi connectivity index (χ0v) is 19.4. The minimum absolute atomic E-state index is 0.297. The molecule has 2 aliphatic heterocycles. The number of aromatic nitrogens is 2. The number of amides is 1. The van der Waals surface area contributed by atoms with E-state index in [1.54, 1.807) is 6.33 Å². The average Bonchev–Trinajstić information content (AvgIpc) is 2.78. The highest BCUT2D eigenvalue weighted by molar-refractivity contribution is 5.78. The highest BCUT2D eigenvalue weighted by Crippen LogP contribution is 2.31. The molecule has 3 heterocycles. The van der Waals surface area contributed by atoms with Crippen LogP contribution in [-0.4, -0.2) is 75.4 Å². The Kier molecular flexibility index (Phi) is 6.24. The molecule has 0 radical (unpaired) electrons. The van der Waals surface area contributed by atoms with E-state index in [9.17, 15) is 4.79 Å². The topological polar surface area (TPSA) is 52.6 Å². The quantitative estimate of drug-likeness (QED) is 0.725. The molecule has 1 saturated heterocycles. The first-order valence-corrected chi connectivity index (χ1v) is 12.2. The fourth-order valence-electron chi connectivity index (χ4n) is 5.48. The molecule has 2 fully saturated rings. The number of benzene rings is 1. The van der Waals surface area contributed by atoms with Crippen LogP contribution in [-0.2, 0) is 17.8 Å². The highest BCUT2D eigenvalue weighted by atomic mass is 16.2. The SMILES string of the molecule is CC(C)[C@H]1CN(C(=O)CN2CCc3cc(-c4cncnc4)ccc3C2)CCN1C1CCC1. The van der Waals surface area contributed by atoms with Crippen LogP contribution < -0.4 is 0 Å². The number of fused-ring (bicyclic) bond motifs is 1. The van der Waals surface area contributed by atoms with Crippen molar-refractivity contribution in [3.05, 3.63) is 48.0 Å². The molecule has 0 spiro atoms. The fraction of sp³-hybridized carbons (Fsp3) is 0.577. The van der Waals surface area contributed by atoms with E-state index in [1.165, 1.54) is 30.4 Å². The number of hydrogen-bond donors (Lipinski definition) is 0. The summed E-state index contributed by atoms with van der Waals surface area (Å²) in [6, 6.07) is 7.88. The summed E-state index contributed by atoms with van der Waals surface area (Å²) in [4.78, 5) is 28.6. The molecule has 1 amide bonds.